The summed E-state index contributed by atoms with van der Waals surface area (Å²) < 4.78 is 5.69. The van der Waals surface area contributed by atoms with Crippen molar-refractivity contribution in [2.45, 2.75) is 18.9 Å². The molecule has 0 saturated carbocycles. The van der Waals surface area contributed by atoms with Crippen molar-refractivity contribution < 1.29 is 14.9 Å². The van der Waals surface area contributed by atoms with Crippen LogP contribution in [0.2, 0.25) is 0 Å². The summed E-state index contributed by atoms with van der Waals surface area (Å²) in [5, 5.41) is 19.1. The van der Waals surface area contributed by atoms with Gasteiger partial charge < -0.3 is 14.9 Å². The fourth-order valence-corrected chi connectivity index (χ4v) is 2.95. The van der Waals surface area contributed by atoms with Crippen molar-refractivity contribution in [2.75, 3.05) is 59.1 Å². The first kappa shape index (κ1) is 18.4. The molecular weight excluding hydrogens is 292 g/mol. The third-order valence-electron chi connectivity index (χ3n) is 4.40. The summed E-state index contributed by atoms with van der Waals surface area (Å²) >= 11 is 0. The quantitative estimate of drug-likeness (QED) is 0.704. The highest BCUT2D eigenvalue weighted by molar-refractivity contribution is 5.18. The van der Waals surface area contributed by atoms with Gasteiger partial charge in [0.15, 0.2) is 0 Å². The van der Waals surface area contributed by atoms with E-state index in [-0.39, 0.29) is 6.61 Å². The van der Waals surface area contributed by atoms with Crippen molar-refractivity contribution in [3.05, 3.63) is 35.9 Å². The van der Waals surface area contributed by atoms with E-state index < -0.39 is 6.10 Å². The minimum atomic E-state index is -0.442. The van der Waals surface area contributed by atoms with Crippen LogP contribution in [0.1, 0.15) is 18.4 Å². The second-order valence-corrected chi connectivity index (χ2v) is 6.37. The zero-order valence-electron chi connectivity index (χ0n) is 14.1. The first-order valence-corrected chi connectivity index (χ1v) is 8.55. The van der Waals surface area contributed by atoms with Gasteiger partial charge in [0.2, 0.25) is 0 Å². The molecule has 0 aromatic heterocycles. The molecule has 2 rings (SSSR count). The predicted molar refractivity (Wildman–Crippen MR) is 91.6 cm³/mol. The van der Waals surface area contributed by atoms with Gasteiger partial charge in [0.1, 0.15) is 0 Å². The minimum Gasteiger partial charge on any atom is -0.395 e. The standard InChI is InChI=1S/C18H30N2O3/c1-16(17-5-3-2-4-6-17)14-23-15-18(22)13-20-9-7-19(8-10-20)11-12-21/h2-6,16,18,21-22H,7-15H2,1H3/t16-,18-/m1/s1. The summed E-state index contributed by atoms with van der Waals surface area (Å²) in [5.41, 5.74) is 1.27. The molecule has 5 nitrogen and oxygen atoms in total. The Labute approximate surface area is 139 Å². The fraction of sp³-hybridized carbons (Fsp3) is 0.667. The summed E-state index contributed by atoms with van der Waals surface area (Å²) in [4.78, 5) is 4.52. The molecule has 1 aromatic carbocycles. The number of piperazine rings is 1. The lowest BCUT2D eigenvalue weighted by Crippen LogP contribution is -2.49. The van der Waals surface area contributed by atoms with Crippen LogP contribution in [0.5, 0.6) is 0 Å². The summed E-state index contributed by atoms with van der Waals surface area (Å²) in [6, 6.07) is 10.3. The smallest absolute Gasteiger partial charge is 0.0900 e. The highest BCUT2D eigenvalue weighted by Gasteiger charge is 2.19. The van der Waals surface area contributed by atoms with E-state index in [0.29, 0.717) is 25.7 Å². The molecule has 0 radical (unpaired) electrons. The van der Waals surface area contributed by atoms with Crippen molar-refractivity contribution in [3.8, 4) is 0 Å². The van der Waals surface area contributed by atoms with Gasteiger partial charge in [-0.3, -0.25) is 9.80 Å². The number of hydrogen-bond donors (Lipinski definition) is 2. The summed E-state index contributed by atoms with van der Waals surface area (Å²) in [6.45, 7) is 8.58. The molecule has 23 heavy (non-hydrogen) atoms. The van der Waals surface area contributed by atoms with Crippen molar-refractivity contribution in [1.82, 2.24) is 9.80 Å². The van der Waals surface area contributed by atoms with Crippen LogP contribution in [-0.2, 0) is 4.74 Å². The van der Waals surface area contributed by atoms with Crippen LogP contribution in [0.3, 0.4) is 0 Å². The largest absolute Gasteiger partial charge is 0.395 e. The minimum absolute atomic E-state index is 0.218. The molecule has 0 bridgehead atoms. The van der Waals surface area contributed by atoms with Gasteiger partial charge in [-0.15, -0.1) is 0 Å². The lowest BCUT2D eigenvalue weighted by molar-refractivity contribution is 0.00325. The topological polar surface area (TPSA) is 56.2 Å². The summed E-state index contributed by atoms with van der Waals surface area (Å²) in [5.74, 6) is 0.338. The number of aliphatic hydroxyl groups is 2. The molecule has 0 spiro atoms. The van der Waals surface area contributed by atoms with Gasteiger partial charge in [0, 0.05) is 45.2 Å². The van der Waals surface area contributed by atoms with Crippen LogP contribution in [0.15, 0.2) is 30.3 Å². The molecule has 0 aliphatic carbocycles. The highest BCUT2D eigenvalue weighted by Crippen LogP contribution is 2.14. The Bertz CT molecular complexity index is 422. The Balaban J connectivity index is 1.59. The zero-order chi connectivity index (χ0) is 16.5. The van der Waals surface area contributed by atoms with E-state index in [1.54, 1.807) is 0 Å². The fourth-order valence-electron chi connectivity index (χ4n) is 2.95. The van der Waals surface area contributed by atoms with E-state index in [4.69, 9.17) is 9.84 Å². The molecule has 1 aliphatic rings. The van der Waals surface area contributed by atoms with Crippen molar-refractivity contribution in [1.29, 1.82) is 0 Å². The van der Waals surface area contributed by atoms with Gasteiger partial charge in [-0.2, -0.15) is 0 Å². The summed E-state index contributed by atoms with van der Waals surface area (Å²) in [7, 11) is 0. The number of aliphatic hydroxyl groups excluding tert-OH is 2. The molecule has 1 fully saturated rings. The average Bonchev–Trinajstić information content (AvgIpc) is 2.57. The van der Waals surface area contributed by atoms with Crippen molar-refractivity contribution >= 4 is 0 Å². The zero-order valence-corrected chi connectivity index (χ0v) is 14.1. The van der Waals surface area contributed by atoms with E-state index in [1.807, 2.05) is 18.2 Å². The Kier molecular flexibility index (Phi) is 7.99. The maximum absolute atomic E-state index is 10.1. The Morgan fingerprint density at radius 2 is 1.70 bits per heavy atom. The van der Waals surface area contributed by atoms with Gasteiger partial charge in [0.25, 0.3) is 0 Å². The molecule has 5 heteroatoms. The maximum atomic E-state index is 10.1. The van der Waals surface area contributed by atoms with E-state index in [2.05, 4.69) is 28.9 Å². The van der Waals surface area contributed by atoms with Crippen LogP contribution < -0.4 is 0 Å². The lowest BCUT2D eigenvalue weighted by atomic mass is 10.0. The molecule has 1 heterocycles. The molecule has 1 aliphatic heterocycles. The number of nitrogens with zero attached hydrogens (tertiary/aromatic N) is 2. The Morgan fingerprint density at radius 1 is 1.04 bits per heavy atom. The normalized spacial score (nSPS) is 19.6. The lowest BCUT2D eigenvalue weighted by Gasteiger charge is -2.35. The molecular formula is C18H30N2O3. The number of ether oxygens (including phenoxy) is 1. The van der Waals surface area contributed by atoms with Crippen LogP contribution in [0, 0.1) is 0 Å². The van der Waals surface area contributed by atoms with Crippen molar-refractivity contribution in [2.24, 2.45) is 0 Å². The second-order valence-electron chi connectivity index (χ2n) is 6.37. The second kappa shape index (κ2) is 10.0. The SMILES string of the molecule is C[C@H](COC[C@H](O)CN1CCN(CCO)CC1)c1ccccc1. The molecule has 2 atom stereocenters. The molecule has 0 unspecified atom stereocenters. The molecule has 2 N–H and O–H groups in total. The number of hydrogen-bond acceptors (Lipinski definition) is 5. The average molecular weight is 322 g/mol. The predicted octanol–water partition coefficient (Wildman–Crippen LogP) is 0.778. The molecule has 1 saturated heterocycles. The van der Waals surface area contributed by atoms with Gasteiger partial charge in [-0.05, 0) is 5.56 Å². The van der Waals surface area contributed by atoms with Gasteiger partial charge in [-0.1, -0.05) is 37.3 Å². The number of rotatable bonds is 9. The number of benzene rings is 1. The van der Waals surface area contributed by atoms with E-state index in [0.717, 1.165) is 32.7 Å². The third kappa shape index (κ3) is 6.57. The van der Waals surface area contributed by atoms with Crippen LogP contribution in [-0.4, -0.2) is 85.2 Å². The van der Waals surface area contributed by atoms with Crippen LogP contribution in [0.4, 0.5) is 0 Å². The van der Waals surface area contributed by atoms with Crippen LogP contribution in [0.25, 0.3) is 0 Å². The van der Waals surface area contributed by atoms with Gasteiger partial charge in [-0.25, -0.2) is 0 Å². The molecule has 130 valence electrons. The third-order valence-corrected chi connectivity index (χ3v) is 4.40. The highest BCUT2D eigenvalue weighted by atomic mass is 16.5. The van der Waals surface area contributed by atoms with Crippen molar-refractivity contribution in [3.63, 3.8) is 0 Å². The van der Waals surface area contributed by atoms with Crippen LogP contribution >= 0.6 is 0 Å². The maximum Gasteiger partial charge on any atom is 0.0900 e. The molecule has 0 amide bonds. The van der Waals surface area contributed by atoms with Gasteiger partial charge in [0.05, 0.1) is 25.9 Å². The summed E-state index contributed by atoms with van der Waals surface area (Å²) in [6.07, 6.45) is -0.442. The van der Waals surface area contributed by atoms with E-state index in [1.165, 1.54) is 5.56 Å². The Hall–Kier alpha value is -0.980. The Morgan fingerprint density at radius 3 is 2.35 bits per heavy atom. The molecule has 1 aromatic rings. The van der Waals surface area contributed by atoms with E-state index >= 15 is 0 Å². The first-order chi connectivity index (χ1) is 11.2. The van der Waals surface area contributed by atoms with Gasteiger partial charge >= 0.3 is 0 Å². The number of β-amino-alcohol motifs (C(OH)–C–C–N with tert-alkyl or cyclic N) is 2. The first-order valence-electron chi connectivity index (χ1n) is 8.55. The monoisotopic (exact) mass is 322 g/mol. The van der Waals surface area contributed by atoms with E-state index in [9.17, 15) is 5.11 Å².